The molecule has 2 heterocycles. The second-order valence-electron chi connectivity index (χ2n) is 7.03. The smallest absolute Gasteiger partial charge is 0.251 e. The van der Waals surface area contributed by atoms with Crippen molar-refractivity contribution in [3.63, 3.8) is 0 Å². The summed E-state index contributed by atoms with van der Waals surface area (Å²) in [6.45, 7) is 0.441. The topological polar surface area (TPSA) is 77.8 Å². The zero-order valence-electron chi connectivity index (χ0n) is 16.3. The number of hydrogen-bond acceptors (Lipinski definition) is 6. The van der Waals surface area contributed by atoms with Gasteiger partial charge in [0.05, 0.1) is 38.4 Å². The Morgan fingerprint density at radius 2 is 1.97 bits per heavy atom. The molecule has 7 heteroatoms. The average Bonchev–Trinajstić information content (AvgIpc) is 3.20. The number of amides is 1. The van der Waals surface area contributed by atoms with Crippen molar-refractivity contribution >= 4 is 5.91 Å². The van der Waals surface area contributed by atoms with Crippen molar-refractivity contribution in [2.24, 2.45) is 0 Å². The van der Waals surface area contributed by atoms with Crippen molar-refractivity contribution in [2.75, 3.05) is 14.2 Å². The summed E-state index contributed by atoms with van der Waals surface area (Å²) < 4.78 is 10.7. The highest BCUT2D eigenvalue weighted by atomic mass is 16.5. The summed E-state index contributed by atoms with van der Waals surface area (Å²) >= 11 is 0. The highest BCUT2D eigenvalue weighted by molar-refractivity contribution is 5.84. The van der Waals surface area contributed by atoms with Gasteiger partial charge in [0.15, 0.2) is 11.5 Å². The van der Waals surface area contributed by atoms with Gasteiger partial charge in [0.25, 0.3) is 5.91 Å². The van der Waals surface area contributed by atoms with Crippen LogP contribution in [-0.4, -0.2) is 36.1 Å². The Balaban J connectivity index is 1.49. The average molecular weight is 390 g/mol. The number of fused-ring (bicyclic) bond motifs is 1. The fraction of sp³-hybridized carbons (Fsp3) is 0.273. The van der Waals surface area contributed by atoms with E-state index in [1.54, 1.807) is 31.4 Å². The Morgan fingerprint density at radius 1 is 1.14 bits per heavy atom. The highest BCUT2D eigenvalue weighted by Gasteiger charge is 2.40. The van der Waals surface area contributed by atoms with Crippen LogP contribution in [0.3, 0.4) is 0 Å². The molecule has 1 N–H and O–H groups in total. The van der Waals surface area contributed by atoms with E-state index in [9.17, 15) is 4.79 Å². The molecule has 0 bridgehead atoms. The summed E-state index contributed by atoms with van der Waals surface area (Å²) in [5, 5.41) is 10.9. The molecule has 7 nitrogen and oxygen atoms in total. The summed E-state index contributed by atoms with van der Waals surface area (Å²) in [6, 6.07) is 15.0. The zero-order chi connectivity index (χ0) is 20.4. The number of hydrogen-bond donors (Lipinski definition) is 1. The van der Waals surface area contributed by atoms with E-state index in [0.29, 0.717) is 30.0 Å². The van der Waals surface area contributed by atoms with Gasteiger partial charge in [-0.05, 0) is 41.8 Å². The number of carbonyl (C=O) groups excluding carboxylic acids is 1. The molecular formula is C22H22N4O3. The minimum absolute atomic E-state index is 0.00438. The molecule has 1 fully saturated rings. The molecule has 0 aliphatic carbocycles. The van der Waals surface area contributed by atoms with Crippen LogP contribution in [0, 0.1) is 11.3 Å². The lowest BCUT2D eigenvalue weighted by atomic mass is 10.00. The molecule has 29 heavy (non-hydrogen) atoms. The molecule has 2 unspecified atom stereocenters. The third-order valence-corrected chi connectivity index (χ3v) is 5.29. The largest absolute Gasteiger partial charge is 0.493 e. The van der Waals surface area contributed by atoms with Gasteiger partial charge in [-0.2, -0.15) is 5.26 Å². The van der Waals surface area contributed by atoms with Crippen LogP contribution in [0.25, 0.3) is 0 Å². The number of methoxy groups -OCH3 is 2. The van der Waals surface area contributed by atoms with Crippen molar-refractivity contribution < 1.29 is 14.3 Å². The normalized spacial score (nSPS) is 20.4. The first-order valence-electron chi connectivity index (χ1n) is 9.37. The number of hydrazine groups is 1. The van der Waals surface area contributed by atoms with Gasteiger partial charge >= 0.3 is 0 Å². The van der Waals surface area contributed by atoms with Crippen molar-refractivity contribution in [1.29, 1.82) is 5.26 Å². The standard InChI is InChI=1S/C22H22N4O3/c1-28-20-7-6-17(11-21(20)29-2)18-12-19-22(27)25(8-9-26(19)24-18)14-16-5-3-4-15(10-16)13-23/h3-11,18-19,24H,12,14H2,1-2H3. The summed E-state index contributed by atoms with van der Waals surface area (Å²) in [4.78, 5) is 14.8. The fourth-order valence-corrected chi connectivity index (χ4v) is 3.79. The molecule has 0 radical (unpaired) electrons. The van der Waals surface area contributed by atoms with E-state index in [1.807, 2.05) is 47.6 Å². The first-order valence-corrected chi connectivity index (χ1v) is 9.37. The quantitative estimate of drug-likeness (QED) is 0.846. The van der Waals surface area contributed by atoms with E-state index in [4.69, 9.17) is 14.7 Å². The van der Waals surface area contributed by atoms with Crippen molar-refractivity contribution in [2.45, 2.75) is 25.0 Å². The van der Waals surface area contributed by atoms with Crippen LogP contribution < -0.4 is 14.9 Å². The molecule has 2 aliphatic rings. The predicted octanol–water partition coefficient (Wildman–Crippen LogP) is 2.71. The molecule has 1 saturated heterocycles. The number of nitrogens with zero attached hydrogens (tertiary/aromatic N) is 3. The van der Waals surface area contributed by atoms with Crippen LogP contribution in [0.15, 0.2) is 54.9 Å². The Hall–Kier alpha value is -3.50. The minimum Gasteiger partial charge on any atom is -0.493 e. The molecule has 4 rings (SSSR count). The van der Waals surface area contributed by atoms with Gasteiger partial charge in [-0.3, -0.25) is 4.79 Å². The number of nitriles is 1. The molecular weight excluding hydrogens is 368 g/mol. The maximum absolute atomic E-state index is 13.0. The van der Waals surface area contributed by atoms with Crippen molar-refractivity contribution in [1.82, 2.24) is 15.3 Å². The monoisotopic (exact) mass is 390 g/mol. The number of benzene rings is 2. The molecule has 2 aromatic rings. The predicted molar refractivity (Wildman–Crippen MR) is 107 cm³/mol. The second kappa shape index (κ2) is 7.86. The first kappa shape index (κ1) is 18.8. The van der Waals surface area contributed by atoms with Gasteiger partial charge in [-0.15, -0.1) is 0 Å². The highest BCUT2D eigenvalue weighted by Crippen LogP contribution is 2.35. The van der Waals surface area contributed by atoms with E-state index in [-0.39, 0.29) is 18.0 Å². The molecule has 0 saturated carbocycles. The SMILES string of the molecule is COc1ccc(C2CC3C(=O)N(Cc4cccc(C#N)c4)C=CN3N2)cc1OC. The minimum atomic E-state index is -0.280. The van der Waals surface area contributed by atoms with Crippen molar-refractivity contribution in [3.05, 3.63) is 71.6 Å². The van der Waals surface area contributed by atoms with Crippen LogP contribution in [0.4, 0.5) is 0 Å². The number of rotatable bonds is 5. The lowest BCUT2D eigenvalue weighted by Gasteiger charge is -2.31. The second-order valence-corrected chi connectivity index (χ2v) is 7.03. The summed E-state index contributed by atoms with van der Waals surface area (Å²) in [7, 11) is 3.22. The number of nitrogens with one attached hydrogen (secondary N) is 1. The number of ether oxygens (including phenoxy) is 2. The van der Waals surface area contributed by atoms with Crippen LogP contribution in [0.1, 0.15) is 29.2 Å². The van der Waals surface area contributed by atoms with E-state index < -0.39 is 0 Å². The Kier molecular flexibility index (Phi) is 5.10. The fourth-order valence-electron chi connectivity index (χ4n) is 3.79. The zero-order valence-corrected chi connectivity index (χ0v) is 16.3. The van der Waals surface area contributed by atoms with Crippen molar-refractivity contribution in [3.8, 4) is 17.6 Å². The molecule has 2 atom stereocenters. The van der Waals surface area contributed by atoms with Gasteiger partial charge in [-0.25, -0.2) is 5.43 Å². The third kappa shape index (κ3) is 3.62. The molecule has 0 spiro atoms. The third-order valence-electron chi connectivity index (χ3n) is 5.29. The van der Waals surface area contributed by atoms with E-state index in [0.717, 1.165) is 11.1 Å². The van der Waals surface area contributed by atoms with Crippen LogP contribution >= 0.6 is 0 Å². The van der Waals surface area contributed by atoms with E-state index in [1.165, 1.54) is 0 Å². The summed E-state index contributed by atoms with van der Waals surface area (Å²) in [5.74, 6) is 1.37. The summed E-state index contributed by atoms with van der Waals surface area (Å²) in [5.41, 5.74) is 5.94. The van der Waals surface area contributed by atoms with E-state index in [2.05, 4.69) is 11.5 Å². The maximum Gasteiger partial charge on any atom is 0.251 e. The van der Waals surface area contributed by atoms with E-state index >= 15 is 0 Å². The molecule has 2 aliphatic heterocycles. The molecule has 1 amide bonds. The van der Waals surface area contributed by atoms with Gasteiger partial charge in [-0.1, -0.05) is 18.2 Å². The number of carbonyl (C=O) groups is 1. The van der Waals surface area contributed by atoms with Gasteiger partial charge < -0.3 is 19.4 Å². The van der Waals surface area contributed by atoms with Crippen LogP contribution in [0.2, 0.25) is 0 Å². The Morgan fingerprint density at radius 3 is 2.72 bits per heavy atom. The molecule has 2 aromatic carbocycles. The first-order chi connectivity index (χ1) is 14.1. The Bertz CT molecular complexity index is 998. The summed E-state index contributed by atoms with van der Waals surface area (Å²) in [6.07, 6.45) is 4.32. The van der Waals surface area contributed by atoms with Crippen LogP contribution in [0.5, 0.6) is 11.5 Å². The van der Waals surface area contributed by atoms with Crippen LogP contribution in [-0.2, 0) is 11.3 Å². The Labute approximate surface area is 169 Å². The van der Waals surface area contributed by atoms with Gasteiger partial charge in [0.1, 0.15) is 6.04 Å². The van der Waals surface area contributed by atoms with Gasteiger partial charge in [0, 0.05) is 12.4 Å². The molecule has 0 aromatic heterocycles. The lowest BCUT2D eigenvalue weighted by molar-refractivity contribution is -0.134. The molecule has 148 valence electrons. The maximum atomic E-state index is 13.0. The lowest BCUT2D eigenvalue weighted by Crippen LogP contribution is -2.47. The van der Waals surface area contributed by atoms with Gasteiger partial charge in [0.2, 0.25) is 0 Å².